The van der Waals surface area contributed by atoms with Crippen molar-refractivity contribution in [2.24, 2.45) is 0 Å². The molecule has 4 N–H and O–H groups in total. The van der Waals surface area contributed by atoms with E-state index in [-0.39, 0.29) is 17.1 Å². The van der Waals surface area contributed by atoms with Crippen LogP contribution in [0.1, 0.15) is 0 Å². The van der Waals surface area contributed by atoms with Gasteiger partial charge in [0.25, 0.3) is 11.1 Å². The molecule has 2 aromatic heterocycles. The van der Waals surface area contributed by atoms with Gasteiger partial charge < -0.3 is 10.3 Å². The van der Waals surface area contributed by atoms with Crippen LogP contribution in [0.25, 0.3) is 10.9 Å². The molecular weight excluding hydrogens is 334 g/mol. The lowest BCUT2D eigenvalue weighted by atomic mass is 10.2. The maximum absolute atomic E-state index is 11.9. The molecule has 0 radical (unpaired) electrons. The number of carbonyl (C=O) groups is 1. The molecule has 0 bridgehead atoms. The van der Waals surface area contributed by atoms with E-state index in [0.29, 0.717) is 16.1 Å². The molecule has 2 heterocycles. The molecule has 9 nitrogen and oxygen atoms in total. The molecule has 0 atom stereocenters. The topological polar surface area (TPSA) is 141 Å². The number of rotatable bonds is 4. The average Bonchev–Trinajstić information content (AvgIpc) is 2.52. The fraction of sp³-hybridized carbons (Fsp3) is 0.0714. The van der Waals surface area contributed by atoms with Crippen LogP contribution in [0.4, 0.5) is 5.82 Å². The fourth-order valence-corrected chi connectivity index (χ4v) is 2.66. The Balaban J connectivity index is 1.71. The first-order chi connectivity index (χ1) is 11.5. The number of hydrogen-bond acceptors (Lipinski definition) is 6. The molecule has 0 aliphatic carbocycles. The molecule has 0 aliphatic heterocycles. The molecule has 24 heavy (non-hydrogen) atoms. The largest absolute Gasteiger partial charge is 0.327 e. The minimum absolute atomic E-state index is 0.00526. The lowest BCUT2D eigenvalue weighted by Gasteiger charge is -2.04. The molecule has 122 valence electrons. The van der Waals surface area contributed by atoms with Crippen molar-refractivity contribution in [3.63, 3.8) is 0 Å². The number of fused-ring (bicyclic) bond motifs is 1. The standard InChI is InChI=1S/C14H11N5O4S/c20-10-5-9(17-13(23)18-10)16-11(21)6-24-14-15-8-4-2-1-3-7(8)12(22)19-14/h1-5H,6H2,(H,15,19,22)(H3,16,17,18,20,21,23). The van der Waals surface area contributed by atoms with E-state index in [1.54, 1.807) is 24.3 Å². The smallest absolute Gasteiger partial charge is 0.311 e. The van der Waals surface area contributed by atoms with Gasteiger partial charge in [-0.05, 0) is 12.1 Å². The Labute approximate surface area is 137 Å². The lowest BCUT2D eigenvalue weighted by molar-refractivity contribution is -0.113. The van der Waals surface area contributed by atoms with Crippen molar-refractivity contribution in [2.45, 2.75) is 5.16 Å². The molecule has 0 saturated heterocycles. The highest BCUT2D eigenvalue weighted by atomic mass is 32.2. The van der Waals surface area contributed by atoms with Gasteiger partial charge in [0.2, 0.25) is 5.91 Å². The number of para-hydroxylation sites is 1. The Morgan fingerprint density at radius 2 is 1.92 bits per heavy atom. The fourth-order valence-electron chi connectivity index (χ4n) is 1.99. The van der Waals surface area contributed by atoms with E-state index in [1.807, 2.05) is 4.98 Å². The third kappa shape index (κ3) is 3.60. The minimum atomic E-state index is -0.717. The first-order valence-electron chi connectivity index (χ1n) is 6.76. The highest BCUT2D eigenvalue weighted by molar-refractivity contribution is 7.99. The number of aromatic amines is 3. The predicted molar refractivity (Wildman–Crippen MR) is 89.4 cm³/mol. The Hall–Kier alpha value is -3.14. The van der Waals surface area contributed by atoms with Gasteiger partial charge in [-0.2, -0.15) is 0 Å². The summed E-state index contributed by atoms with van der Waals surface area (Å²) >= 11 is 1.03. The summed E-state index contributed by atoms with van der Waals surface area (Å²) in [5.41, 5.74) is -1.10. The third-order valence-electron chi connectivity index (χ3n) is 2.97. The van der Waals surface area contributed by atoms with E-state index in [9.17, 15) is 19.2 Å². The molecule has 1 aromatic carbocycles. The molecule has 1 amide bonds. The Bertz CT molecular complexity index is 1060. The van der Waals surface area contributed by atoms with Crippen molar-refractivity contribution in [3.05, 3.63) is 61.5 Å². The molecule has 0 saturated carbocycles. The summed E-state index contributed by atoms with van der Waals surface area (Å²) in [6.45, 7) is 0. The van der Waals surface area contributed by atoms with Crippen LogP contribution in [0.3, 0.4) is 0 Å². The maximum atomic E-state index is 11.9. The van der Waals surface area contributed by atoms with Crippen molar-refractivity contribution in [1.29, 1.82) is 0 Å². The van der Waals surface area contributed by atoms with E-state index in [1.165, 1.54) is 0 Å². The van der Waals surface area contributed by atoms with E-state index in [4.69, 9.17) is 0 Å². The molecule has 10 heteroatoms. The molecule has 3 aromatic rings. The Morgan fingerprint density at radius 3 is 2.71 bits per heavy atom. The van der Waals surface area contributed by atoms with Crippen LogP contribution in [0.5, 0.6) is 0 Å². The normalized spacial score (nSPS) is 10.7. The van der Waals surface area contributed by atoms with Crippen LogP contribution in [0.15, 0.2) is 49.9 Å². The number of carbonyl (C=O) groups excluding carboxylic acids is 1. The van der Waals surface area contributed by atoms with E-state index in [0.717, 1.165) is 17.8 Å². The summed E-state index contributed by atoms with van der Waals surface area (Å²) in [4.78, 5) is 57.2. The predicted octanol–water partition coefficient (Wildman–Crippen LogP) is 0.0305. The highest BCUT2D eigenvalue weighted by Crippen LogP contribution is 2.14. The summed E-state index contributed by atoms with van der Waals surface area (Å²) in [5.74, 6) is -0.526. The second-order valence-electron chi connectivity index (χ2n) is 4.73. The summed E-state index contributed by atoms with van der Waals surface area (Å²) < 4.78 is 0. The number of nitrogens with one attached hydrogen (secondary N) is 4. The molecular formula is C14H11N5O4S. The summed E-state index contributed by atoms with van der Waals surface area (Å²) in [6.07, 6.45) is 0. The highest BCUT2D eigenvalue weighted by Gasteiger charge is 2.08. The van der Waals surface area contributed by atoms with Gasteiger partial charge in [-0.3, -0.25) is 24.4 Å². The van der Waals surface area contributed by atoms with Gasteiger partial charge in [-0.15, -0.1) is 0 Å². The Kier molecular flexibility index (Phi) is 4.29. The van der Waals surface area contributed by atoms with Crippen molar-refractivity contribution in [1.82, 2.24) is 19.9 Å². The molecule has 0 fully saturated rings. The van der Waals surface area contributed by atoms with E-state index < -0.39 is 17.2 Å². The number of thioether (sulfide) groups is 1. The van der Waals surface area contributed by atoms with Crippen LogP contribution in [-0.4, -0.2) is 31.6 Å². The monoisotopic (exact) mass is 345 g/mol. The molecule has 0 unspecified atom stereocenters. The van der Waals surface area contributed by atoms with Gasteiger partial charge in [0.05, 0.1) is 16.7 Å². The van der Waals surface area contributed by atoms with E-state index >= 15 is 0 Å². The minimum Gasteiger partial charge on any atom is -0.311 e. The SMILES string of the molecule is O=C(CSc1nc2ccccc2c(=O)[nH]1)Nc1cc(=O)[nH]c(=O)[nH]1. The second kappa shape index (κ2) is 6.54. The first-order valence-corrected chi connectivity index (χ1v) is 7.75. The zero-order chi connectivity index (χ0) is 17.1. The first kappa shape index (κ1) is 15.7. The van der Waals surface area contributed by atoms with Gasteiger partial charge in [0.1, 0.15) is 5.82 Å². The van der Waals surface area contributed by atoms with Crippen molar-refractivity contribution < 1.29 is 4.79 Å². The number of benzene rings is 1. The Morgan fingerprint density at radius 1 is 1.12 bits per heavy atom. The summed E-state index contributed by atoms with van der Waals surface area (Å²) in [7, 11) is 0. The van der Waals surface area contributed by atoms with Crippen LogP contribution >= 0.6 is 11.8 Å². The van der Waals surface area contributed by atoms with Gasteiger partial charge in [0, 0.05) is 6.07 Å². The van der Waals surface area contributed by atoms with Crippen molar-refractivity contribution >= 4 is 34.4 Å². The van der Waals surface area contributed by atoms with Crippen LogP contribution in [0, 0.1) is 0 Å². The average molecular weight is 345 g/mol. The number of H-pyrrole nitrogens is 3. The van der Waals surface area contributed by atoms with Gasteiger partial charge in [0.15, 0.2) is 5.16 Å². The number of nitrogens with zero attached hydrogens (tertiary/aromatic N) is 1. The van der Waals surface area contributed by atoms with Crippen LogP contribution < -0.4 is 22.1 Å². The molecule has 0 spiro atoms. The molecule has 0 aliphatic rings. The van der Waals surface area contributed by atoms with Crippen molar-refractivity contribution in [2.75, 3.05) is 11.1 Å². The van der Waals surface area contributed by atoms with Crippen LogP contribution in [-0.2, 0) is 4.79 Å². The quantitative estimate of drug-likeness (QED) is 0.388. The number of hydrogen-bond donors (Lipinski definition) is 4. The summed E-state index contributed by atoms with van der Waals surface area (Å²) in [6, 6.07) is 7.92. The maximum Gasteiger partial charge on any atom is 0.327 e. The zero-order valence-corrected chi connectivity index (χ0v) is 12.9. The number of aromatic nitrogens is 4. The number of anilines is 1. The van der Waals surface area contributed by atoms with Crippen LogP contribution in [0.2, 0.25) is 0 Å². The lowest BCUT2D eigenvalue weighted by Crippen LogP contribution is -2.25. The third-order valence-corrected chi connectivity index (χ3v) is 3.84. The van der Waals surface area contributed by atoms with Crippen molar-refractivity contribution in [3.8, 4) is 0 Å². The van der Waals surface area contributed by atoms with E-state index in [2.05, 4.69) is 20.3 Å². The number of amides is 1. The van der Waals surface area contributed by atoms with Gasteiger partial charge >= 0.3 is 5.69 Å². The van der Waals surface area contributed by atoms with Gasteiger partial charge in [-0.1, -0.05) is 23.9 Å². The zero-order valence-electron chi connectivity index (χ0n) is 12.1. The van der Waals surface area contributed by atoms with Gasteiger partial charge in [-0.25, -0.2) is 9.78 Å². The summed E-state index contributed by atoms with van der Waals surface area (Å²) in [5, 5.41) is 3.15. The molecule has 3 rings (SSSR count). The second-order valence-corrected chi connectivity index (χ2v) is 5.69.